The summed E-state index contributed by atoms with van der Waals surface area (Å²) in [5, 5.41) is 0. The third-order valence-electron chi connectivity index (χ3n) is 3.35. The number of primary amides is 1. The van der Waals surface area contributed by atoms with Gasteiger partial charge in [-0.2, -0.15) is 0 Å². The van der Waals surface area contributed by atoms with Crippen molar-refractivity contribution in [3.8, 4) is 5.75 Å². The van der Waals surface area contributed by atoms with Gasteiger partial charge in [0.25, 0.3) is 5.91 Å². The van der Waals surface area contributed by atoms with E-state index in [1.54, 1.807) is 0 Å². The molecule has 20 heavy (non-hydrogen) atoms. The molecule has 1 aromatic rings. The van der Waals surface area contributed by atoms with Crippen molar-refractivity contribution < 1.29 is 14.3 Å². The summed E-state index contributed by atoms with van der Waals surface area (Å²) in [6.07, 6.45) is 1.16. The lowest BCUT2D eigenvalue weighted by molar-refractivity contribution is -0.119. The maximum Gasteiger partial charge on any atom is 0.255 e. The fourth-order valence-corrected chi connectivity index (χ4v) is 2.39. The molecule has 0 unspecified atom stereocenters. The van der Waals surface area contributed by atoms with Crippen molar-refractivity contribution in [1.29, 1.82) is 0 Å². The lowest BCUT2D eigenvalue weighted by Gasteiger charge is -2.20. The molecule has 1 heterocycles. The predicted octanol–water partition coefficient (Wildman–Crippen LogP) is 1.02. The Morgan fingerprint density at radius 2 is 2.20 bits per heavy atom. The molecule has 1 saturated heterocycles. The number of nitrogens with two attached hydrogens (primary N) is 1. The van der Waals surface area contributed by atoms with Gasteiger partial charge in [-0.25, -0.2) is 0 Å². The number of benzene rings is 1. The Bertz CT molecular complexity index is 427. The zero-order valence-electron chi connectivity index (χ0n) is 11.9. The van der Waals surface area contributed by atoms with Crippen molar-refractivity contribution >= 4 is 5.91 Å². The van der Waals surface area contributed by atoms with Crippen LogP contribution in [0.5, 0.6) is 5.75 Å². The van der Waals surface area contributed by atoms with Crippen molar-refractivity contribution in [1.82, 2.24) is 4.90 Å². The van der Waals surface area contributed by atoms with Gasteiger partial charge in [0.2, 0.25) is 0 Å². The summed E-state index contributed by atoms with van der Waals surface area (Å²) in [6.45, 7) is 3.64. The summed E-state index contributed by atoms with van der Waals surface area (Å²) in [5.41, 5.74) is 6.25. The summed E-state index contributed by atoms with van der Waals surface area (Å²) in [6, 6.07) is 7.76. The van der Waals surface area contributed by atoms with Crippen LogP contribution in [0.4, 0.5) is 0 Å². The van der Waals surface area contributed by atoms with Crippen LogP contribution >= 0.6 is 0 Å². The van der Waals surface area contributed by atoms with E-state index >= 15 is 0 Å². The maximum absolute atomic E-state index is 10.6. The molecule has 5 nitrogen and oxygen atoms in total. The molecule has 0 saturated carbocycles. The third kappa shape index (κ3) is 4.83. The summed E-state index contributed by atoms with van der Waals surface area (Å²) in [7, 11) is 2.12. The van der Waals surface area contributed by atoms with Gasteiger partial charge in [-0.3, -0.25) is 4.79 Å². The van der Waals surface area contributed by atoms with Crippen LogP contribution in [0.3, 0.4) is 0 Å². The molecule has 2 rings (SSSR count). The first-order valence-electron chi connectivity index (χ1n) is 6.90. The van der Waals surface area contributed by atoms with Crippen LogP contribution < -0.4 is 10.5 Å². The predicted molar refractivity (Wildman–Crippen MR) is 76.4 cm³/mol. The number of hydrogen-bond donors (Lipinski definition) is 1. The molecule has 110 valence electrons. The minimum atomic E-state index is -0.465. The monoisotopic (exact) mass is 278 g/mol. The first-order chi connectivity index (χ1) is 9.63. The minimum Gasteiger partial charge on any atom is -0.484 e. The van der Waals surface area contributed by atoms with Crippen LogP contribution in [0.2, 0.25) is 0 Å². The zero-order chi connectivity index (χ0) is 14.4. The Hall–Kier alpha value is -1.59. The molecule has 0 bridgehead atoms. The molecule has 1 amide bonds. The number of ether oxygens (including phenoxy) is 2. The molecule has 1 aliphatic rings. The Labute approximate surface area is 119 Å². The number of rotatable bonds is 7. The van der Waals surface area contributed by atoms with E-state index < -0.39 is 5.91 Å². The molecule has 0 aliphatic carbocycles. The number of amides is 1. The lowest BCUT2D eigenvalue weighted by Crippen LogP contribution is -2.25. The van der Waals surface area contributed by atoms with Gasteiger partial charge in [-0.15, -0.1) is 0 Å². The van der Waals surface area contributed by atoms with Gasteiger partial charge in [0.05, 0.1) is 6.61 Å². The van der Waals surface area contributed by atoms with E-state index in [0.29, 0.717) is 11.7 Å². The summed E-state index contributed by atoms with van der Waals surface area (Å²) >= 11 is 0. The fourth-order valence-electron chi connectivity index (χ4n) is 2.39. The van der Waals surface area contributed by atoms with Crippen LogP contribution in [-0.4, -0.2) is 44.2 Å². The second-order valence-electron chi connectivity index (χ2n) is 5.33. The van der Waals surface area contributed by atoms with Gasteiger partial charge in [0, 0.05) is 19.7 Å². The largest absolute Gasteiger partial charge is 0.484 e. The van der Waals surface area contributed by atoms with Crippen LogP contribution in [0.15, 0.2) is 24.3 Å². The van der Waals surface area contributed by atoms with Gasteiger partial charge in [0.15, 0.2) is 6.61 Å². The van der Waals surface area contributed by atoms with Gasteiger partial charge in [0.1, 0.15) is 5.75 Å². The smallest absolute Gasteiger partial charge is 0.255 e. The quantitative estimate of drug-likeness (QED) is 0.808. The molecule has 0 aromatic heterocycles. The number of carbonyl (C=O) groups is 1. The van der Waals surface area contributed by atoms with Crippen molar-refractivity contribution in [2.45, 2.75) is 13.0 Å². The second-order valence-corrected chi connectivity index (χ2v) is 5.33. The van der Waals surface area contributed by atoms with E-state index in [0.717, 1.165) is 32.7 Å². The van der Waals surface area contributed by atoms with Crippen LogP contribution in [0.1, 0.15) is 12.0 Å². The van der Waals surface area contributed by atoms with Crippen molar-refractivity contribution in [3.05, 3.63) is 29.8 Å². The molecule has 1 fully saturated rings. The SMILES string of the molecule is CN(Cc1ccc(OCC(N)=O)cc1)C[C@H]1CCOC1. The number of hydrogen-bond acceptors (Lipinski definition) is 4. The van der Waals surface area contributed by atoms with Crippen LogP contribution in [-0.2, 0) is 16.1 Å². The highest BCUT2D eigenvalue weighted by Gasteiger charge is 2.17. The van der Waals surface area contributed by atoms with E-state index in [9.17, 15) is 4.79 Å². The zero-order valence-corrected chi connectivity index (χ0v) is 11.9. The molecule has 1 aliphatic heterocycles. The second kappa shape index (κ2) is 7.26. The average molecular weight is 278 g/mol. The van der Waals surface area contributed by atoms with Crippen molar-refractivity contribution in [2.24, 2.45) is 11.7 Å². The van der Waals surface area contributed by atoms with Gasteiger partial charge < -0.3 is 20.1 Å². The van der Waals surface area contributed by atoms with E-state index in [1.165, 1.54) is 5.56 Å². The minimum absolute atomic E-state index is 0.0824. The Morgan fingerprint density at radius 1 is 1.45 bits per heavy atom. The van der Waals surface area contributed by atoms with Gasteiger partial charge in [-0.05, 0) is 37.1 Å². The topological polar surface area (TPSA) is 64.8 Å². The summed E-state index contributed by atoms with van der Waals surface area (Å²) in [4.78, 5) is 12.9. The van der Waals surface area contributed by atoms with E-state index in [2.05, 4.69) is 11.9 Å². The molecule has 5 heteroatoms. The number of carbonyl (C=O) groups excluding carboxylic acids is 1. The van der Waals surface area contributed by atoms with Gasteiger partial charge >= 0.3 is 0 Å². The van der Waals surface area contributed by atoms with E-state index in [4.69, 9.17) is 15.2 Å². The standard InChI is InChI=1S/C15H22N2O3/c1-17(9-13-6-7-19-10-13)8-12-2-4-14(5-3-12)20-11-15(16)18/h2-5,13H,6-11H2,1H3,(H2,16,18)/t13-/m1/s1. The lowest BCUT2D eigenvalue weighted by atomic mass is 10.1. The van der Waals surface area contributed by atoms with Crippen molar-refractivity contribution in [2.75, 3.05) is 33.4 Å². The highest BCUT2D eigenvalue weighted by molar-refractivity contribution is 5.75. The fraction of sp³-hybridized carbons (Fsp3) is 0.533. The molecular formula is C15H22N2O3. The molecule has 1 atom stereocenters. The number of nitrogens with zero attached hydrogens (tertiary/aromatic N) is 1. The molecule has 0 radical (unpaired) electrons. The Kier molecular flexibility index (Phi) is 5.38. The third-order valence-corrected chi connectivity index (χ3v) is 3.35. The van der Waals surface area contributed by atoms with Gasteiger partial charge in [-0.1, -0.05) is 12.1 Å². The Balaban J connectivity index is 1.78. The van der Waals surface area contributed by atoms with E-state index in [-0.39, 0.29) is 6.61 Å². The summed E-state index contributed by atoms with van der Waals surface area (Å²) in [5.74, 6) is 0.852. The molecule has 2 N–H and O–H groups in total. The first-order valence-corrected chi connectivity index (χ1v) is 6.90. The highest BCUT2D eigenvalue weighted by Crippen LogP contribution is 2.16. The average Bonchev–Trinajstić information content (AvgIpc) is 2.90. The first kappa shape index (κ1) is 14.8. The van der Waals surface area contributed by atoms with Crippen LogP contribution in [0.25, 0.3) is 0 Å². The summed E-state index contributed by atoms with van der Waals surface area (Å²) < 4.78 is 10.6. The molecule has 1 aromatic carbocycles. The molecule has 0 spiro atoms. The maximum atomic E-state index is 10.6. The van der Waals surface area contributed by atoms with Crippen LogP contribution in [0, 0.1) is 5.92 Å². The van der Waals surface area contributed by atoms with E-state index in [1.807, 2.05) is 24.3 Å². The normalized spacial score (nSPS) is 18.4. The Morgan fingerprint density at radius 3 is 2.80 bits per heavy atom. The van der Waals surface area contributed by atoms with Crippen molar-refractivity contribution in [3.63, 3.8) is 0 Å². The molecular weight excluding hydrogens is 256 g/mol. The highest BCUT2D eigenvalue weighted by atomic mass is 16.5.